The van der Waals surface area contributed by atoms with Crippen molar-refractivity contribution in [2.45, 2.75) is 63.3 Å². The van der Waals surface area contributed by atoms with Gasteiger partial charge in [-0.1, -0.05) is 6.92 Å². The number of aromatic nitrogens is 2. The quantitative estimate of drug-likeness (QED) is 0.907. The van der Waals surface area contributed by atoms with Gasteiger partial charge in [0.1, 0.15) is 5.82 Å². The highest BCUT2D eigenvalue weighted by Crippen LogP contribution is 2.47. The molecule has 4 rings (SSSR count). The first kappa shape index (κ1) is 14.7. The highest BCUT2D eigenvalue weighted by molar-refractivity contribution is 5.24. The van der Waals surface area contributed by atoms with Crippen LogP contribution in [0.5, 0.6) is 0 Å². The van der Waals surface area contributed by atoms with Crippen molar-refractivity contribution in [3.05, 3.63) is 17.7 Å². The lowest BCUT2D eigenvalue weighted by molar-refractivity contribution is 0.316. The molecular formula is C18H30N4. The summed E-state index contributed by atoms with van der Waals surface area (Å²) in [6, 6.07) is 0. The van der Waals surface area contributed by atoms with E-state index in [1.165, 1.54) is 69.7 Å². The molecule has 3 heterocycles. The minimum atomic E-state index is 0.389. The minimum Gasteiger partial charge on any atom is -0.333 e. The Morgan fingerprint density at radius 3 is 2.59 bits per heavy atom. The third kappa shape index (κ3) is 2.95. The topological polar surface area (TPSA) is 33.1 Å². The van der Waals surface area contributed by atoms with Crippen molar-refractivity contribution in [3.8, 4) is 0 Å². The van der Waals surface area contributed by atoms with E-state index in [9.17, 15) is 0 Å². The Labute approximate surface area is 134 Å². The molecule has 2 saturated heterocycles. The maximum absolute atomic E-state index is 5.13. The van der Waals surface area contributed by atoms with E-state index >= 15 is 0 Å². The van der Waals surface area contributed by atoms with E-state index in [2.05, 4.69) is 27.9 Å². The summed E-state index contributed by atoms with van der Waals surface area (Å²) in [5.74, 6) is 2.04. The SMILES string of the molecule is CC1(c2cn(CCN3CCCC3)c(C3CCNCC3)n2)CC1. The number of likely N-dealkylation sites (tertiary alicyclic amines) is 1. The number of rotatable bonds is 5. The van der Waals surface area contributed by atoms with Crippen LogP contribution in [0.2, 0.25) is 0 Å². The summed E-state index contributed by atoms with van der Waals surface area (Å²) in [6.07, 6.45) is 10.3. The molecule has 0 amide bonds. The van der Waals surface area contributed by atoms with Crippen molar-refractivity contribution in [2.24, 2.45) is 0 Å². The van der Waals surface area contributed by atoms with Crippen molar-refractivity contribution in [1.29, 1.82) is 0 Å². The van der Waals surface area contributed by atoms with Gasteiger partial charge >= 0.3 is 0 Å². The molecule has 1 aromatic heterocycles. The number of imidazole rings is 1. The second kappa shape index (κ2) is 5.97. The molecule has 0 radical (unpaired) electrons. The molecule has 122 valence electrons. The summed E-state index contributed by atoms with van der Waals surface area (Å²) >= 11 is 0. The van der Waals surface area contributed by atoms with Crippen LogP contribution in [0.3, 0.4) is 0 Å². The van der Waals surface area contributed by atoms with E-state index < -0.39 is 0 Å². The fraction of sp³-hybridized carbons (Fsp3) is 0.833. The van der Waals surface area contributed by atoms with E-state index in [1.54, 1.807) is 0 Å². The van der Waals surface area contributed by atoms with Crippen molar-refractivity contribution in [3.63, 3.8) is 0 Å². The Kier molecular flexibility index (Phi) is 3.99. The Morgan fingerprint density at radius 1 is 1.18 bits per heavy atom. The Hall–Kier alpha value is -0.870. The van der Waals surface area contributed by atoms with Crippen molar-refractivity contribution in [2.75, 3.05) is 32.7 Å². The fourth-order valence-corrected chi connectivity index (χ4v) is 4.01. The Morgan fingerprint density at radius 2 is 1.91 bits per heavy atom. The summed E-state index contributed by atoms with van der Waals surface area (Å²) in [7, 11) is 0. The molecule has 3 fully saturated rings. The van der Waals surface area contributed by atoms with E-state index in [0.29, 0.717) is 11.3 Å². The fourth-order valence-electron chi connectivity index (χ4n) is 4.01. The molecule has 0 spiro atoms. The largest absolute Gasteiger partial charge is 0.333 e. The number of nitrogens with zero attached hydrogens (tertiary/aromatic N) is 3. The van der Waals surface area contributed by atoms with Crippen LogP contribution in [0.1, 0.15) is 62.9 Å². The summed E-state index contributed by atoms with van der Waals surface area (Å²) in [6.45, 7) is 9.59. The van der Waals surface area contributed by atoms with Gasteiger partial charge in [-0.3, -0.25) is 0 Å². The summed E-state index contributed by atoms with van der Waals surface area (Å²) in [4.78, 5) is 7.75. The summed E-state index contributed by atoms with van der Waals surface area (Å²) in [5, 5.41) is 3.48. The van der Waals surface area contributed by atoms with Gasteiger partial charge in [-0.25, -0.2) is 4.98 Å². The van der Waals surface area contributed by atoms with Gasteiger partial charge in [0.15, 0.2) is 0 Å². The van der Waals surface area contributed by atoms with E-state index in [-0.39, 0.29) is 0 Å². The predicted octanol–water partition coefficient (Wildman–Crippen LogP) is 2.50. The lowest BCUT2D eigenvalue weighted by Crippen LogP contribution is -2.29. The second-order valence-corrected chi connectivity index (χ2v) is 7.81. The first-order chi connectivity index (χ1) is 10.7. The third-order valence-corrected chi connectivity index (χ3v) is 5.99. The maximum atomic E-state index is 5.13. The van der Waals surface area contributed by atoms with Gasteiger partial charge in [-0.2, -0.15) is 0 Å². The molecule has 1 aliphatic carbocycles. The van der Waals surface area contributed by atoms with E-state index in [4.69, 9.17) is 4.98 Å². The third-order valence-electron chi connectivity index (χ3n) is 5.99. The van der Waals surface area contributed by atoms with Crippen LogP contribution >= 0.6 is 0 Å². The Bertz CT molecular complexity index is 505. The molecule has 4 nitrogen and oxygen atoms in total. The molecule has 1 N–H and O–H groups in total. The first-order valence-corrected chi connectivity index (χ1v) is 9.25. The number of nitrogens with one attached hydrogen (secondary N) is 1. The van der Waals surface area contributed by atoms with Gasteiger partial charge in [0.05, 0.1) is 5.69 Å². The average Bonchev–Trinajstić information content (AvgIpc) is 2.98. The standard InChI is InChI=1S/C18H30N4/c1-18(6-7-18)16-14-22(13-12-21-10-2-3-11-21)17(20-16)15-4-8-19-9-5-15/h14-15,19H,2-13H2,1H3. The number of hydrogen-bond acceptors (Lipinski definition) is 3. The zero-order valence-corrected chi connectivity index (χ0v) is 14.0. The molecule has 4 heteroatoms. The van der Waals surface area contributed by atoms with Crippen LogP contribution in [0.15, 0.2) is 6.20 Å². The van der Waals surface area contributed by atoms with Gasteiger partial charge in [0, 0.05) is 30.6 Å². The molecule has 1 saturated carbocycles. The minimum absolute atomic E-state index is 0.389. The zero-order chi connectivity index (χ0) is 15.0. The molecule has 0 aromatic carbocycles. The lowest BCUT2D eigenvalue weighted by atomic mass is 9.97. The Balaban J connectivity index is 1.52. The maximum Gasteiger partial charge on any atom is 0.112 e. The van der Waals surface area contributed by atoms with Gasteiger partial charge in [0.25, 0.3) is 0 Å². The van der Waals surface area contributed by atoms with Crippen LogP contribution in [-0.4, -0.2) is 47.2 Å². The highest BCUT2D eigenvalue weighted by Gasteiger charge is 2.42. The smallest absolute Gasteiger partial charge is 0.112 e. The first-order valence-electron chi connectivity index (χ1n) is 9.25. The monoisotopic (exact) mass is 302 g/mol. The summed E-state index contributed by atoms with van der Waals surface area (Å²) < 4.78 is 2.51. The lowest BCUT2D eigenvalue weighted by Gasteiger charge is -2.24. The number of piperidine rings is 1. The highest BCUT2D eigenvalue weighted by atomic mass is 15.2. The van der Waals surface area contributed by atoms with Crippen molar-refractivity contribution < 1.29 is 0 Å². The predicted molar refractivity (Wildman–Crippen MR) is 89.3 cm³/mol. The van der Waals surface area contributed by atoms with Crippen LogP contribution in [0.25, 0.3) is 0 Å². The van der Waals surface area contributed by atoms with Crippen LogP contribution in [0, 0.1) is 0 Å². The van der Waals surface area contributed by atoms with E-state index in [0.717, 1.165) is 19.6 Å². The molecular weight excluding hydrogens is 272 g/mol. The van der Waals surface area contributed by atoms with Crippen molar-refractivity contribution in [1.82, 2.24) is 19.8 Å². The number of hydrogen-bond donors (Lipinski definition) is 1. The van der Waals surface area contributed by atoms with E-state index in [1.807, 2.05) is 0 Å². The van der Waals surface area contributed by atoms with Gasteiger partial charge < -0.3 is 14.8 Å². The van der Waals surface area contributed by atoms with Gasteiger partial charge in [-0.05, 0) is 64.7 Å². The molecule has 0 bridgehead atoms. The molecule has 3 aliphatic rings. The van der Waals surface area contributed by atoms with Crippen molar-refractivity contribution >= 4 is 0 Å². The summed E-state index contributed by atoms with van der Waals surface area (Å²) in [5.41, 5.74) is 1.75. The average molecular weight is 302 g/mol. The molecule has 1 aromatic rings. The normalized spacial score (nSPS) is 25.7. The van der Waals surface area contributed by atoms with Gasteiger partial charge in [0.2, 0.25) is 0 Å². The van der Waals surface area contributed by atoms with Crippen LogP contribution < -0.4 is 5.32 Å². The molecule has 22 heavy (non-hydrogen) atoms. The van der Waals surface area contributed by atoms with Crippen LogP contribution in [0.4, 0.5) is 0 Å². The zero-order valence-electron chi connectivity index (χ0n) is 14.0. The molecule has 0 atom stereocenters. The molecule has 2 aliphatic heterocycles. The van der Waals surface area contributed by atoms with Crippen LogP contribution in [-0.2, 0) is 12.0 Å². The van der Waals surface area contributed by atoms with Gasteiger partial charge in [-0.15, -0.1) is 0 Å². The second-order valence-electron chi connectivity index (χ2n) is 7.81. The molecule has 0 unspecified atom stereocenters.